The lowest BCUT2D eigenvalue weighted by molar-refractivity contribution is 0.0994. The molecule has 0 aromatic carbocycles. The van der Waals surface area contributed by atoms with Crippen molar-refractivity contribution in [2.75, 3.05) is 27.2 Å². The van der Waals surface area contributed by atoms with Crippen molar-refractivity contribution in [3.8, 4) is 0 Å². The van der Waals surface area contributed by atoms with Crippen molar-refractivity contribution in [2.24, 2.45) is 0 Å². The smallest absolute Gasteiger partial charge is 0.279 e. The summed E-state index contributed by atoms with van der Waals surface area (Å²) in [7, 11) is 0.107. The van der Waals surface area contributed by atoms with Crippen LogP contribution in [0, 0.1) is 0 Å². The molecular formula is C11H23N3O3S. The van der Waals surface area contributed by atoms with Gasteiger partial charge in [0, 0.05) is 13.6 Å². The highest BCUT2D eigenvalue weighted by Crippen LogP contribution is 2.34. The number of nitrogens with zero attached hydrogens (tertiary/aromatic N) is 1. The van der Waals surface area contributed by atoms with E-state index in [9.17, 15) is 8.42 Å². The summed E-state index contributed by atoms with van der Waals surface area (Å²) in [6.07, 6.45) is 4.00. The molecule has 0 spiro atoms. The molecule has 0 radical (unpaired) electrons. The van der Waals surface area contributed by atoms with E-state index in [0.29, 0.717) is 6.54 Å². The molecule has 3 unspecified atom stereocenters. The van der Waals surface area contributed by atoms with Crippen molar-refractivity contribution in [3.05, 3.63) is 0 Å². The Balaban J connectivity index is 1.83. The Labute approximate surface area is 109 Å². The number of nitrogens with one attached hydrogen (secondary N) is 2. The molecule has 2 rings (SSSR count). The number of rotatable bonds is 7. The molecule has 0 aromatic rings. The van der Waals surface area contributed by atoms with Gasteiger partial charge in [-0.25, -0.2) is 0 Å². The van der Waals surface area contributed by atoms with Crippen LogP contribution in [0.1, 0.15) is 25.7 Å². The number of ether oxygens (including phenoxy) is 1. The van der Waals surface area contributed by atoms with E-state index in [-0.39, 0.29) is 18.2 Å². The molecule has 2 fully saturated rings. The van der Waals surface area contributed by atoms with Gasteiger partial charge >= 0.3 is 0 Å². The van der Waals surface area contributed by atoms with E-state index in [4.69, 9.17) is 4.74 Å². The standard InChI is InChI=1S/C11H23N3O3S/c1-12-6-3-7-14(2)18(15,16)13-10-8-9-4-5-11(10)17-9/h9-13H,3-8H2,1-2H3. The quantitative estimate of drug-likeness (QED) is 0.626. The molecule has 2 saturated heterocycles. The topological polar surface area (TPSA) is 70.7 Å². The maximum absolute atomic E-state index is 12.1. The summed E-state index contributed by atoms with van der Waals surface area (Å²) in [5, 5.41) is 3.01. The molecule has 0 aromatic heterocycles. The van der Waals surface area contributed by atoms with Crippen molar-refractivity contribution in [3.63, 3.8) is 0 Å². The average Bonchev–Trinajstić information content (AvgIpc) is 2.90. The van der Waals surface area contributed by atoms with Crippen LogP contribution in [0.4, 0.5) is 0 Å². The van der Waals surface area contributed by atoms with Gasteiger partial charge in [0.05, 0.1) is 18.2 Å². The third-order valence-corrected chi connectivity index (χ3v) is 5.32. The molecule has 106 valence electrons. The van der Waals surface area contributed by atoms with Gasteiger partial charge < -0.3 is 10.1 Å². The molecule has 2 N–H and O–H groups in total. The monoisotopic (exact) mass is 277 g/mol. The molecule has 2 aliphatic rings. The Hall–Kier alpha value is -0.210. The summed E-state index contributed by atoms with van der Waals surface area (Å²) in [5.41, 5.74) is 0. The molecule has 18 heavy (non-hydrogen) atoms. The van der Waals surface area contributed by atoms with E-state index >= 15 is 0 Å². The normalized spacial score (nSPS) is 31.4. The lowest BCUT2D eigenvalue weighted by Gasteiger charge is -2.24. The molecule has 2 heterocycles. The molecule has 3 atom stereocenters. The lowest BCUT2D eigenvalue weighted by Crippen LogP contribution is -2.47. The summed E-state index contributed by atoms with van der Waals surface area (Å²) in [6, 6.07) is -0.0412. The van der Waals surface area contributed by atoms with Gasteiger partial charge in [0.15, 0.2) is 0 Å². The van der Waals surface area contributed by atoms with Crippen LogP contribution in [0.15, 0.2) is 0 Å². The van der Waals surface area contributed by atoms with Crippen LogP contribution in [0.5, 0.6) is 0 Å². The van der Waals surface area contributed by atoms with Crippen molar-refractivity contribution in [1.29, 1.82) is 0 Å². The van der Waals surface area contributed by atoms with E-state index in [1.165, 1.54) is 4.31 Å². The van der Waals surface area contributed by atoms with Gasteiger partial charge in [-0.1, -0.05) is 0 Å². The summed E-state index contributed by atoms with van der Waals surface area (Å²) >= 11 is 0. The van der Waals surface area contributed by atoms with Gasteiger partial charge in [0.1, 0.15) is 0 Å². The second-order valence-corrected chi connectivity index (χ2v) is 6.93. The maximum atomic E-state index is 12.1. The first-order chi connectivity index (χ1) is 8.53. The number of hydrogen-bond acceptors (Lipinski definition) is 4. The molecule has 2 aliphatic heterocycles. The van der Waals surface area contributed by atoms with E-state index in [0.717, 1.165) is 32.2 Å². The first-order valence-corrected chi connectivity index (χ1v) is 8.00. The van der Waals surface area contributed by atoms with Crippen molar-refractivity contribution >= 4 is 10.2 Å². The van der Waals surface area contributed by atoms with E-state index < -0.39 is 10.2 Å². The fraction of sp³-hybridized carbons (Fsp3) is 1.00. The third-order valence-electron chi connectivity index (χ3n) is 3.72. The molecule has 2 bridgehead atoms. The number of fused-ring (bicyclic) bond motifs is 2. The van der Waals surface area contributed by atoms with Crippen LogP contribution in [0.25, 0.3) is 0 Å². The molecule has 7 heteroatoms. The minimum absolute atomic E-state index is 0.0412. The lowest BCUT2D eigenvalue weighted by atomic mass is 9.96. The summed E-state index contributed by atoms with van der Waals surface area (Å²) in [5.74, 6) is 0. The Bertz CT molecular complexity index is 374. The third kappa shape index (κ3) is 3.21. The van der Waals surface area contributed by atoms with E-state index in [1.807, 2.05) is 7.05 Å². The second kappa shape index (κ2) is 5.83. The summed E-state index contributed by atoms with van der Waals surface area (Å²) < 4.78 is 34.0. The maximum Gasteiger partial charge on any atom is 0.279 e. The molecule has 0 saturated carbocycles. The minimum atomic E-state index is -3.37. The predicted octanol–water partition coefficient (Wildman–Crippen LogP) is -0.318. The second-order valence-electron chi connectivity index (χ2n) is 5.12. The van der Waals surface area contributed by atoms with Crippen LogP contribution in [-0.4, -0.2) is 58.2 Å². The summed E-state index contributed by atoms with van der Waals surface area (Å²) in [6.45, 7) is 1.34. The average molecular weight is 277 g/mol. The number of hydrogen-bond donors (Lipinski definition) is 2. The zero-order valence-electron chi connectivity index (χ0n) is 11.1. The zero-order valence-corrected chi connectivity index (χ0v) is 11.9. The Morgan fingerprint density at radius 2 is 2.17 bits per heavy atom. The van der Waals surface area contributed by atoms with Crippen molar-refractivity contribution < 1.29 is 13.2 Å². The Morgan fingerprint density at radius 1 is 1.39 bits per heavy atom. The first-order valence-electron chi connectivity index (χ1n) is 6.56. The predicted molar refractivity (Wildman–Crippen MR) is 69.5 cm³/mol. The van der Waals surface area contributed by atoms with Gasteiger partial charge in [0.25, 0.3) is 10.2 Å². The van der Waals surface area contributed by atoms with Gasteiger partial charge in [-0.05, 0) is 39.3 Å². The molecular weight excluding hydrogens is 254 g/mol. The van der Waals surface area contributed by atoms with Crippen LogP contribution >= 0.6 is 0 Å². The highest BCUT2D eigenvalue weighted by atomic mass is 32.2. The van der Waals surface area contributed by atoms with E-state index in [2.05, 4.69) is 10.0 Å². The van der Waals surface area contributed by atoms with Gasteiger partial charge in [-0.3, -0.25) is 0 Å². The fourth-order valence-corrected chi connectivity index (χ4v) is 3.82. The van der Waals surface area contributed by atoms with Crippen molar-refractivity contribution in [1.82, 2.24) is 14.3 Å². The van der Waals surface area contributed by atoms with Gasteiger partial charge in [-0.2, -0.15) is 17.4 Å². The van der Waals surface area contributed by atoms with E-state index in [1.54, 1.807) is 7.05 Å². The van der Waals surface area contributed by atoms with Crippen molar-refractivity contribution in [2.45, 2.75) is 43.9 Å². The largest absolute Gasteiger partial charge is 0.373 e. The SMILES string of the molecule is CNCCCN(C)S(=O)(=O)NC1CC2CCC1O2. The van der Waals surface area contributed by atoms with Gasteiger partial charge in [0.2, 0.25) is 0 Å². The van der Waals surface area contributed by atoms with Crippen LogP contribution in [0.2, 0.25) is 0 Å². The highest BCUT2D eigenvalue weighted by Gasteiger charge is 2.42. The highest BCUT2D eigenvalue weighted by molar-refractivity contribution is 7.87. The van der Waals surface area contributed by atoms with Crippen LogP contribution in [0.3, 0.4) is 0 Å². The van der Waals surface area contributed by atoms with Crippen LogP contribution in [-0.2, 0) is 14.9 Å². The van der Waals surface area contributed by atoms with Gasteiger partial charge in [-0.15, -0.1) is 0 Å². The zero-order chi connectivity index (χ0) is 13.2. The molecule has 6 nitrogen and oxygen atoms in total. The minimum Gasteiger partial charge on any atom is -0.373 e. The fourth-order valence-electron chi connectivity index (χ4n) is 2.64. The first kappa shape index (κ1) is 14.2. The molecule has 0 aliphatic carbocycles. The molecule has 0 amide bonds. The van der Waals surface area contributed by atoms with Crippen LogP contribution < -0.4 is 10.0 Å². The summed E-state index contributed by atoms with van der Waals surface area (Å²) in [4.78, 5) is 0. The Morgan fingerprint density at radius 3 is 2.72 bits per heavy atom. The Kier molecular flexibility index (Phi) is 4.60.